The Balaban J connectivity index is 3.05. The highest BCUT2D eigenvalue weighted by atomic mass is 35.5. The van der Waals surface area contributed by atoms with E-state index in [2.05, 4.69) is 5.32 Å². The van der Waals surface area contributed by atoms with Gasteiger partial charge in [0.25, 0.3) is 0 Å². The van der Waals surface area contributed by atoms with E-state index >= 15 is 0 Å². The number of carbonyl (C=O) groups is 1. The van der Waals surface area contributed by atoms with Gasteiger partial charge in [-0.2, -0.15) is 0 Å². The standard InChI is InChI=1S/C13H18ClNO4/c1-17-8-7-15-12(13(16)19-3)11-9(14)5-4-6-10(11)18-2/h4-6,12,15H,7-8H2,1-3H3. The lowest BCUT2D eigenvalue weighted by molar-refractivity contribution is -0.143. The van der Waals surface area contributed by atoms with Crippen LogP contribution in [0.5, 0.6) is 5.75 Å². The fourth-order valence-electron chi connectivity index (χ4n) is 1.70. The van der Waals surface area contributed by atoms with Gasteiger partial charge in [-0.1, -0.05) is 17.7 Å². The van der Waals surface area contributed by atoms with Crippen LogP contribution in [0.2, 0.25) is 5.02 Å². The first kappa shape index (κ1) is 15.8. The highest BCUT2D eigenvalue weighted by molar-refractivity contribution is 6.31. The first-order valence-electron chi connectivity index (χ1n) is 5.78. The third kappa shape index (κ3) is 4.09. The van der Waals surface area contributed by atoms with E-state index in [0.29, 0.717) is 29.5 Å². The number of hydrogen-bond donors (Lipinski definition) is 1. The summed E-state index contributed by atoms with van der Waals surface area (Å²) in [5.74, 6) is 0.107. The van der Waals surface area contributed by atoms with Crippen molar-refractivity contribution in [2.24, 2.45) is 0 Å². The summed E-state index contributed by atoms with van der Waals surface area (Å²) in [6, 6.07) is 4.51. The van der Waals surface area contributed by atoms with Crippen LogP contribution >= 0.6 is 11.6 Å². The third-order valence-electron chi connectivity index (χ3n) is 2.61. The molecule has 1 aromatic rings. The van der Waals surface area contributed by atoms with Crippen molar-refractivity contribution in [2.75, 3.05) is 34.5 Å². The fraction of sp³-hybridized carbons (Fsp3) is 0.462. The highest BCUT2D eigenvalue weighted by Gasteiger charge is 2.26. The van der Waals surface area contributed by atoms with Crippen LogP contribution in [0.1, 0.15) is 11.6 Å². The van der Waals surface area contributed by atoms with Crippen molar-refractivity contribution in [3.63, 3.8) is 0 Å². The van der Waals surface area contributed by atoms with Gasteiger partial charge >= 0.3 is 5.97 Å². The van der Waals surface area contributed by atoms with Crippen LogP contribution in [0, 0.1) is 0 Å². The number of hydrogen-bond acceptors (Lipinski definition) is 5. The molecule has 0 spiro atoms. The lowest BCUT2D eigenvalue weighted by atomic mass is 10.1. The molecule has 0 heterocycles. The Labute approximate surface area is 117 Å². The molecule has 1 N–H and O–H groups in total. The maximum atomic E-state index is 11.9. The number of esters is 1. The van der Waals surface area contributed by atoms with E-state index in [1.54, 1.807) is 25.3 Å². The maximum absolute atomic E-state index is 11.9. The molecule has 1 rings (SSSR count). The average molecular weight is 288 g/mol. The normalized spacial score (nSPS) is 12.0. The predicted molar refractivity (Wildman–Crippen MR) is 72.6 cm³/mol. The Hall–Kier alpha value is -1.30. The molecule has 0 fully saturated rings. The highest BCUT2D eigenvalue weighted by Crippen LogP contribution is 2.32. The smallest absolute Gasteiger partial charge is 0.327 e. The van der Waals surface area contributed by atoms with Gasteiger partial charge in [-0.15, -0.1) is 0 Å². The Morgan fingerprint density at radius 3 is 2.68 bits per heavy atom. The molecular weight excluding hydrogens is 270 g/mol. The fourth-order valence-corrected chi connectivity index (χ4v) is 1.98. The van der Waals surface area contributed by atoms with Gasteiger partial charge in [0, 0.05) is 24.2 Å². The van der Waals surface area contributed by atoms with Crippen LogP contribution < -0.4 is 10.1 Å². The molecule has 0 aromatic heterocycles. The molecule has 0 aliphatic heterocycles. The molecule has 1 unspecified atom stereocenters. The first-order valence-corrected chi connectivity index (χ1v) is 6.16. The van der Waals surface area contributed by atoms with Crippen LogP contribution in [-0.4, -0.2) is 40.5 Å². The molecule has 1 aromatic carbocycles. The second-order valence-electron chi connectivity index (χ2n) is 3.76. The molecule has 5 nitrogen and oxygen atoms in total. The number of halogens is 1. The van der Waals surface area contributed by atoms with Gasteiger partial charge in [0.05, 0.1) is 20.8 Å². The van der Waals surface area contributed by atoms with Crippen LogP contribution in [0.3, 0.4) is 0 Å². The number of ether oxygens (including phenoxy) is 3. The van der Waals surface area contributed by atoms with Crippen molar-refractivity contribution in [1.82, 2.24) is 5.32 Å². The molecule has 0 radical (unpaired) electrons. The zero-order chi connectivity index (χ0) is 14.3. The minimum absolute atomic E-state index is 0.428. The monoisotopic (exact) mass is 287 g/mol. The molecule has 6 heteroatoms. The molecule has 1 atom stereocenters. The van der Waals surface area contributed by atoms with Crippen molar-refractivity contribution in [2.45, 2.75) is 6.04 Å². The first-order chi connectivity index (χ1) is 9.15. The largest absolute Gasteiger partial charge is 0.496 e. The van der Waals surface area contributed by atoms with Gasteiger partial charge in [0.1, 0.15) is 11.8 Å². The molecule has 0 bridgehead atoms. The summed E-state index contributed by atoms with van der Waals surface area (Å²) >= 11 is 6.16. The van der Waals surface area contributed by atoms with Crippen molar-refractivity contribution < 1.29 is 19.0 Å². The zero-order valence-corrected chi connectivity index (χ0v) is 12.0. The summed E-state index contributed by atoms with van der Waals surface area (Å²) in [7, 11) is 4.44. The SMILES string of the molecule is COCCNC(C(=O)OC)c1c(Cl)cccc1OC. The topological polar surface area (TPSA) is 56.8 Å². The molecule has 0 aliphatic carbocycles. The summed E-state index contributed by atoms with van der Waals surface area (Å²) in [5.41, 5.74) is 0.564. The van der Waals surface area contributed by atoms with Crippen molar-refractivity contribution >= 4 is 17.6 Å². The minimum atomic E-state index is -0.691. The van der Waals surface area contributed by atoms with Gasteiger partial charge in [-0.25, -0.2) is 4.79 Å². The van der Waals surface area contributed by atoms with Crippen LogP contribution in [0.4, 0.5) is 0 Å². The number of methoxy groups -OCH3 is 3. The lowest BCUT2D eigenvalue weighted by Crippen LogP contribution is -2.32. The Kier molecular flexibility index (Phi) is 6.62. The van der Waals surface area contributed by atoms with Gasteiger partial charge in [-0.05, 0) is 12.1 Å². The van der Waals surface area contributed by atoms with E-state index in [1.807, 2.05) is 0 Å². The van der Waals surface area contributed by atoms with Crippen molar-refractivity contribution in [3.8, 4) is 5.75 Å². The Morgan fingerprint density at radius 2 is 2.11 bits per heavy atom. The van der Waals surface area contributed by atoms with Crippen molar-refractivity contribution in [3.05, 3.63) is 28.8 Å². The van der Waals surface area contributed by atoms with E-state index in [9.17, 15) is 4.79 Å². The summed E-state index contributed by atoms with van der Waals surface area (Å²) in [5, 5.41) is 3.48. The number of carbonyl (C=O) groups excluding carboxylic acids is 1. The van der Waals surface area contributed by atoms with Crippen LogP contribution in [0.25, 0.3) is 0 Å². The Bertz CT molecular complexity index is 425. The number of benzene rings is 1. The molecular formula is C13H18ClNO4. The average Bonchev–Trinajstić information content (AvgIpc) is 2.43. The van der Waals surface area contributed by atoms with E-state index in [-0.39, 0.29) is 0 Å². The van der Waals surface area contributed by atoms with E-state index in [0.717, 1.165) is 0 Å². The molecule has 19 heavy (non-hydrogen) atoms. The van der Waals surface area contributed by atoms with E-state index in [4.69, 9.17) is 25.8 Å². The second-order valence-corrected chi connectivity index (χ2v) is 4.17. The Morgan fingerprint density at radius 1 is 1.37 bits per heavy atom. The number of rotatable bonds is 7. The lowest BCUT2D eigenvalue weighted by Gasteiger charge is -2.20. The van der Waals surface area contributed by atoms with E-state index in [1.165, 1.54) is 14.2 Å². The summed E-state index contributed by atoms with van der Waals surface area (Å²) in [4.78, 5) is 11.9. The molecule has 106 valence electrons. The summed E-state index contributed by atoms with van der Waals surface area (Å²) in [6.45, 7) is 0.963. The molecule has 0 saturated heterocycles. The quantitative estimate of drug-likeness (QED) is 0.612. The summed E-state index contributed by atoms with van der Waals surface area (Å²) < 4.78 is 15.0. The van der Waals surface area contributed by atoms with E-state index < -0.39 is 12.0 Å². The number of nitrogens with one attached hydrogen (secondary N) is 1. The van der Waals surface area contributed by atoms with Crippen LogP contribution in [0.15, 0.2) is 18.2 Å². The second kappa shape index (κ2) is 7.99. The van der Waals surface area contributed by atoms with Gasteiger partial charge in [-0.3, -0.25) is 5.32 Å². The maximum Gasteiger partial charge on any atom is 0.327 e. The summed E-state index contributed by atoms with van der Waals surface area (Å²) in [6.07, 6.45) is 0. The van der Waals surface area contributed by atoms with Gasteiger partial charge < -0.3 is 14.2 Å². The third-order valence-corrected chi connectivity index (χ3v) is 2.94. The van der Waals surface area contributed by atoms with Gasteiger partial charge in [0.2, 0.25) is 0 Å². The minimum Gasteiger partial charge on any atom is -0.496 e. The zero-order valence-electron chi connectivity index (χ0n) is 11.2. The van der Waals surface area contributed by atoms with Crippen molar-refractivity contribution in [1.29, 1.82) is 0 Å². The molecule has 0 amide bonds. The van der Waals surface area contributed by atoms with Crippen LogP contribution in [-0.2, 0) is 14.3 Å². The van der Waals surface area contributed by atoms with Gasteiger partial charge in [0.15, 0.2) is 0 Å². The predicted octanol–water partition coefficient (Wildman–Crippen LogP) is 1.80. The molecule has 0 saturated carbocycles. The molecule has 0 aliphatic rings.